The Labute approximate surface area is 507 Å². The maximum atomic E-state index is 13.0. The molecule has 0 saturated carbocycles. The van der Waals surface area contributed by atoms with Crippen molar-refractivity contribution in [1.82, 2.24) is 0 Å². The molecular formula is C75H144O6. The van der Waals surface area contributed by atoms with Gasteiger partial charge in [0.25, 0.3) is 0 Å². The van der Waals surface area contributed by atoms with E-state index in [-0.39, 0.29) is 31.1 Å². The van der Waals surface area contributed by atoms with E-state index in [4.69, 9.17) is 14.2 Å². The van der Waals surface area contributed by atoms with E-state index in [0.29, 0.717) is 19.3 Å². The van der Waals surface area contributed by atoms with Gasteiger partial charge in [0.2, 0.25) is 0 Å². The van der Waals surface area contributed by atoms with Crippen molar-refractivity contribution in [2.75, 3.05) is 13.2 Å². The molecule has 0 heterocycles. The molecule has 0 bridgehead atoms. The number of carbonyl (C=O) groups excluding carboxylic acids is 3. The summed E-state index contributed by atoms with van der Waals surface area (Å²) < 4.78 is 17.0. The number of unbranched alkanes of at least 4 members (excludes halogenated alkanes) is 57. The van der Waals surface area contributed by atoms with Crippen LogP contribution in [0.15, 0.2) is 12.2 Å². The van der Waals surface area contributed by atoms with Gasteiger partial charge in [-0.1, -0.05) is 380 Å². The summed E-state index contributed by atoms with van der Waals surface area (Å²) in [5.41, 5.74) is 0. The molecule has 0 aliphatic rings. The zero-order valence-electron chi connectivity index (χ0n) is 55.4. The molecule has 0 spiro atoms. The molecule has 0 saturated heterocycles. The van der Waals surface area contributed by atoms with Crippen molar-refractivity contribution in [1.29, 1.82) is 0 Å². The summed E-state index contributed by atoms with van der Waals surface area (Å²) in [6, 6.07) is 0. The minimum atomic E-state index is -0.768. The molecule has 0 amide bonds. The van der Waals surface area contributed by atoms with Gasteiger partial charge in [0.05, 0.1) is 0 Å². The average Bonchev–Trinajstić information content (AvgIpc) is 3.47. The number of hydrogen-bond donors (Lipinski definition) is 0. The lowest BCUT2D eigenvalue weighted by atomic mass is 10.0. The monoisotopic (exact) mass is 1140 g/mol. The molecule has 81 heavy (non-hydrogen) atoms. The highest BCUT2D eigenvalue weighted by molar-refractivity contribution is 5.71. The molecular weight excluding hydrogens is 997 g/mol. The summed E-state index contributed by atoms with van der Waals surface area (Å²) in [6.45, 7) is 6.74. The van der Waals surface area contributed by atoms with Gasteiger partial charge in [-0.3, -0.25) is 14.4 Å². The van der Waals surface area contributed by atoms with Crippen molar-refractivity contribution in [2.45, 2.75) is 438 Å². The molecule has 0 aromatic rings. The number of allylic oxidation sites excluding steroid dienone is 2. The molecule has 0 rings (SSSR count). The maximum absolute atomic E-state index is 13.0. The first-order valence-corrected chi connectivity index (χ1v) is 37.2. The van der Waals surface area contributed by atoms with Crippen LogP contribution in [0, 0.1) is 0 Å². The lowest BCUT2D eigenvalue weighted by Crippen LogP contribution is -2.30. The highest BCUT2D eigenvalue weighted by Gasteiger charge is 2.20. The van der Waals surface area contributed by atoms with E-state index in [1.165, 1.54) is 334 Å². The Morgan fingerprint density at radius 1 is 0.235 bits per heavy atom. The Morgan fingerprint density at radius 2 is 0.407 bits per heavy atom. The Balaban J connectivity index is 4.25. The van der Waals surface area contributed by atoms with Gasteiger partial charge in [0.1, 0.15) is 13.2 Å². The lowest BCUT2D eigenvalue weighted by molar-refractivity contribution is -0.167. The summed E-state index contributed by atoms with van der Waals surface area (Å²) in [5, 5.41) is 0. The molecule has 6 nitrogen and oxygen atoms in total. The van der Waals surface area contributed by atoms with Crippen LogP contribution < -0.4 is 0 Å². The first-order valence-electron chi connectivity index (χ1n) is 37.2. The minimum Gasteiger partial charge on any atom is -0.462 e. The van der Waals surface area contributed by atoms with Gasteiger partial charge in [-0.2, -0.15) is 0 Å². The third-order valence-electron chi connectivity index (χ3n) is 17.3. The average molecular weight is 1140 g/mol. The van der Waals surface area contributed by atoms with Crippen LogP contribution in [0.5, 0.6) is 0 Å². The van der Waals surface area contributed by atoms with Crippen LogP contribution in [0.3, 0.4) is 0 Å². The van der Waals surface area contributed by atoms with E-state index in [0.717, 1.165) is 57.8 Å². The summed E-state index contributed by atoms with van der Waals surface area (Å²) in [7, 11) is 0. The number of esters is 3. The number of rotatable bonds is 70. The zero-order valence-corrected chi connectivity index (χ0v) is 55.4. The summed E-state index contributed by atoms with van der Waals surface area (Å²) in [4.78, 5) is 38.5. The van der Waals surface area contributed by atoms with Gasteiger partial charge in [0, 0.05) is 19.3 Å². The molecule has 0 radical (unpaired) electrons. The molecule has 0 aliphatic carbocycles. The molecule has 0 N–H and O–H groups in total. The predicted molar refractivity (Wildman–Crippen MR) is 353 cm³/mol. The number of carbonyl (C=O) groups is 3. The van der Waals surface area contributed by atoms with Crippen molar-refractivity contribution in [3.8, 4) is 0 Å². The van der Waals surface area contributed by atoms with E-state index in [1.54, 1.807) is 0 Å². The summed E-state index contributed by atoms with van der Waals surface area (Å²) in [6.07, 6.45) is 85.3. The van der Waals surface area contributed by atoms with Crippen LogP contribution in [-0.4, -0.2) is 37.2 Å². The van der Waals surface area contributed by atoms with Gasteiger partial charge in [-0.15, -0.1) is 0 Å². The normalized spacial score (nSPS) is 12.0. The minimum absolute atomic E-state index is 0.0635. The second-order valence-corrected chi connectivity index (χ2v) is 25.6. The van der Waals surface area contributed by atoms with Crippen molar-refractivity contribution in [3.63, 3.8) is 0 Å². The van der Waals surface area contributed by atoms with Crippen LogP contribution >= 0.6 is 0 Å². The van der Waals surface area contributed by atoms with Crippen LogP contribution in [0.25, 0.3) is 0 Å². The van der Waals surface area contributed by atoms with Gasteiger partial charge >= 0.3 is 17.9 Å². The van der Waals surface area contributed by atoms with E-state index in [1.807, 2.05) is 0 Å². The van der Waals surface area contributed by atoms with Gasteiger partial charge in [-0.25, -0.2) is 0 Å². The van der Waals surface area contributed by atoms with Crippen molar-refractivity contribution in [3.05, 3.63) is 12.2 Å². The fourth-order valence-electron chi connectivity index (χ4n) is 11.7. The maximum Gasteiger partial charge on any atom is 0.306 e. The van der Waals surface area contributed by atoms with Crippen LogP contribution in [0.1, 0.15) is 432 Å². The molecule has 6 heteroatoms. The molecule has 1 unspecified atom stereocenters. The predicted octanol–water partition coefficient (Wildman–Crippen LogP) is 25.6. The third-order valence-corrected chi connectivity index (χ3v) is 17.3. The summed E-state index contributed by atoms with van der Waals surface area (Å²) >= 11 is 0. The number of ether oxygens (including phenoxy) is 3. The highest BCUT2D eigenvalue weighted by atomic mass is 16.6. The van der Waals surface area contributed by atoms with Crippen molar-refractivity contribution >= 4 is 17.9 Å². The van der Waals surface area contributed by atoms with E-state index < -0.39 is 6.10 Å². The molecule has 1 atom stereocenters. The Morgan fingerprint density at radius 3 is 0.617 bits per heavy atom. The standard InChI is InChI=1S/C75H144O6/c1-4-7-10-13-16-19-22-25-28-31-34-35-36-37-38-39-42-44-47-50-53-56-59-62-65-68-74(77)80-71-72(81-75(78)69-66-63-60-57-54-51-48-45-41-33-30-27-24-21-18-15-12-9-6-3)70-79-73(76)67-64-61-58-55-52-49-46-43-40-32-29-26-23-20-17-14-11-8-5-2/h27,30,72H,4-26,28-29,31-71H2,1-3H3/b30-27-. The van der Waals surface area contributed by atoms with Gasteiger partial charge < -0.3 is 14.2 Å². The highest BCUT2D eigenvalue weighted by Crippen LogP contribution is 2.19. The fourth-order valence-corrected chi connectivity index (χ4v) is 11.7. The smallest absolute Gasteiger partial charge is 0.306 e. The quantitative estimate of drug-likeness (QED) is 0.0261. The Bertz CT molecular complexity index is 1260. The second-order valence-electron chi connectivity index (χ2n) is 25.6. The van der Waals surface area contributed by atoms with Crippen LogP contribution in [0.4, 0.5) is 0 Å². The summed E-state index contributed by atoms with van der Waals surface area (Å²) in [5.74, 6) is -0.825. The second kappa shape index (κ2) is 70.6. The lowest BCUT2D eigenvalue weighted by Gasteiger charge is -2.18. The Kier molecular flexibility index (Phi) is 69.0. The first-order chi connectivity index (χ1) is 40.0. The Hall–Kier alpha value is -1.85. The van der Waals surface area contributed by atoms with E-state index in [2.05, 4.69) is 32.9 Å². The largest absolute Gasteiger partial charge is 0.462 e. The van der Waals surface area contributed by atoms with E-state index >= 15 is 0 Å². The molecule has 0 aliphatic heterocycles. The topological polar surface area (TPSA) is 78.9 Å². The van der Waals surface area contributed by atoms with Crippen LogP contribution in [-0.2, 0) is 28.6 Å². The van der Waals surface area contributed by atoms with Gasteiger partial charge in [0.15, 0.2) is 6.10 Å². The third kappa shape index (κ3) is 68.8. The van der Waals surface area contributed by atoms with Crippen LogP contribution in [0.2, 0.25) is 0 Å². The van der Waals surface area contributed by atoms with Crippen molar-refractivity contribution < 1.29 is 28.6 Å². The zero-order chi connectivity index (χ0) is 58.5. The molecule has 0 fully saturated rings. The first kappa shape index (κ1) is 79.2. The number of hydrogen-bond acceptors (Lipinski definition) is 6. The van der Waals surface area contributed by atoms with Crippen molar-refractivity contribution in [2.24, 2.45) is 0 Å². The van der Waals surface area contributed by atoms with Gasteiger partial charge in [-0.05, 0) is 44.9 Å². The molecule has 480 valence electrons. The SMILES string of the molecule is CCCCCCCC/C=C\CCCCCCCCCCCC(=O)OC(COC(=O)CCCCCCCCCCCCCCCCCCCCC)COC(=O)CCCCCCCCCCCCCCCCCCCCCCCCCCC. The molecule has 0 aromatic heterocycles. The van der Waals surface area contributed by atoms with E-state index in [9.17, 15) is 14.4 Å². The molecule has 0 aromatic carbocycles. The fraction of sp³-hybridized carbons (Fsp3) is 0.933.